The zero-order valence-electron chi connectivity index (χ0n) is 22.2. The van der Waals surface area contributed by atoms with Gasteiger partial charge < -0.3 is 14.4 Å². The first kappa shape index (κ1) is 26.3. The highest BCUT2D eigenvalue weighted by Crippen LogP contribution is 2.46. The lowest BCUT2D eigenvalue weighted by Crippen LogP contribution is -2.30. The van der Waals surface area contributed by atoms with Gasteiger partial charge in [0.25, 0.3) is 0 Å². The zero-order chi connectivity index (χ0) is 24.6. The number of hydrogen-bond donors (Lipinski definition) is 0. The van der Waals surface area contributed by atoms with Crippen molar-refractivity contribution in [2.45, 2.75) is 85.2 Å². The van der Waals surface area contributed by atoms with Crippen LogP contribution in [0.5, 0.6) is 11.5 Å². The lowest BCUT2D eigenvalue weighted by molar-refractivity contribution is 0.156. The number of benzene rings is 1. The number of ether oxygens (including phenoxy) is 2. The molecule has 1 unspecified atom stereocenters. The van der Waals surface area contributed by atoms with Gasteiger partial charge in [0.15, 0.2) is 0 Å². The molecule has 2 heterocycles. The van der Waals surface area contributed by atoms with E-state index in [1.54, 1.807) is 0 Å². The molecule has 1 aromatic carbocycles. The minimum atomic E-state index is -0.396. The highest BCUT2D eigenvalue weighted by atomic mass is 16.5. The van der Waals surface area contributed by atoms with Crippen LogP contribution in [0.1, 0.15) is 96.3 Å². The minimum absolute atomic E-state index is 0.396. The van der Waals surface area contributed by atoms with E-state index in [1.807, 2.05) is 12.4 Å². The molecular formula is C30H44N2O2. The first-order valence-corrected chi connectivity index (χ1v) is 13.2. The van der Waals surface area contributed by atoms with Gasteiger partial charge in [0, 0.05) is 18.9 Å². The number of aromatic nitrogens is 1. The third kappa shape index (κ3) is 6.85. The average molecular weight is 465 g/mol. The number of likely N-dealkylation sites (N-methyl/N-ethyl adjacent to an activating group) is 1. The van der Waals surface area contributed by atoms with Crippen LogP contribution in [0.25, 0.3) is 5.57 Å². The van der Waals surface area contributed by atoms with Gasteiger partial charge in [-0.1, -0.05) is 53.4 Å². The fraction of sp³-hybridized carbons (Fsp3) is 0.567. The molecule has 4 heteroatoms. The number of nitrogens with zero attached hydrogens (tertiary/aromatic N) is 2. The van der Waals surface area contributed by atoms with Gasteiger partial charge in [0.05, 0.1) is 5.56 Å². The number of hydrogen-bond acceptors (Lipinski definition) is 4. The average Bonchev–Trinajstić information content (AvgIpc) is 2.83. The molecule has 0 radical (unpaired) electrons. The zero-order valence-corrected chi connectivity index (χ0v) is 22.2. The van der Waals surface area contributed by atoms with Gasteiger partial charge in [0.2, 0.25) is 0 Å². The van der Waals surface area contributed by atoms with E-state index in [-0.39, 0.29) is 0 Å². The Morgan fingerprint density at radius 1 is 1.03 bits per heavy atom. The van der Waals surface area contributed by atoms with E-state index < -0.39 is 5.60 Å². The van der Waals surface area contributed by atoms with Crippen LogP contribution in [0.3, 0.4) is 0 Å². The summed E-state index contributed by atoms with van der Waals surface area (Å²) in [5.74, 6) is 2.32. The Morgan fingerprint density at radius 2 is 1.76 bits per heavy atom. The maximum atomic E-state index is 6.53. The molecule has 0 saturated carbocycles. The van der Waals surface area contributed by atoms with Crippen molar-refractivity contribution in [3.8, 4) is 11.5 Å². The predicted molar refractivity (Wildman–Crippen MR) is 143 cm³/mol. The molecule has 1 aliphatic rings. The maximum Gasteiger partial charge on any atom is 0.132 e. The third-order valence-electron chi connectivity index (χ3n) is 6.83. The molecule has 4 nitrogen and oxygen atoms in total. The Balaban J connectivity index is 1.98. The van der Waals surface area contributed by atoms with Crippen LogP contribution >= 0.6 is 0 Å². The van der Waals surface area contributed by atoms with Crippen LogP contribution < -0.4 is 9.47 Å². The summed E-state index contributed by atoms with van der Waals surface area (Å²) in [5.41, 5.74) is 4.27. The van der Waals surface area contributed by atoms with Crippen molar-refractivity contribution >= 4 is 5.57 Å². The molecule has 0 aliphatic carbocycles. The molecule has 1 atom stereocenters. The van der Waals surface area contributed by atoms with E-state index in [0.29, 0.717) is 12.5 Å². The maximum absolute atomic E-state index is 6.53. The van der Waals surface area contributed by atoms with Crippen LogP contribution in [-0.2, 0) is 0 Å². The van der Waals surface area contributed by atoms with Crippen LogP contribution in [-0.4, -0.2) is 41.7 Å². The lowest BCUT2D eigenvalue weighted by atomic mass is 9.86. The first-order valence-electron chi connectivity index (χ1n) is 13.2. The third-order valence-corrected chi connectivity index (χ3v) is 6.83. The van der Waals surface area contributed by atoms with Crippen LogP contribution in [0.4, 0.5) is 0 Å². The van der Waals surface area contributed by atoms with E-state index in [0.717, 1.165) is 47.8 Å². The number of fused-ring (bicyclic) bond motifs is 1. The Labute approximate surface area is 207 Å². The van der Waals surface area contributed by atoms with Crippen molar-refractivity contribution in [3.05, 3.63) is 59.4 Å². The summed E-state index contributed by atoms with van der Waals surface area (Å²) in [4.78, 5) is 6.62. The predicted octanol–water partition coefficient (Wildman–Crippen LogP) is 7.48. The summed E-state index contributed by atoms with van der Waals surface area (Å²) in [6.45, 7) is 16.9. The van der Waals surface area contributed by atoms with Gasteiger partial charge in [-0.3, -0.25) is 4.98 Å². The molecule has 34 heavy (non-hydrogen) atoms. The van der Waals surface area contributed by atoms with Crippen LogP contribution in [0.15, 0.2) is 42.7 Å². The molecular weight excluding hydrogens is 420 g/mol. The molecule has 1 aromatic heterocycles. The van der Waals surface area contributed by atoms with Crippen molar-refractivity contribution in [2.75, 3.05) is 26.2 Å². The van der Waals surface area contributed by atoms with Gasteiger partial charge in [-0.05, 0) is 86.3 Å². The smallest absolute Gasteiger partial charge is 0.132 e. The van der Waals surface area contributed by atoms with Crippen molar-refractivity contribution < 1.29 is 9.47 Å². The second kappa shape index (κ2) is 12.4. The molecule has 0 saturated heterocycles. The molecule has 0 spiro atoms. The summed E-state index contributed by atoms with van der Waals surface area (Å²) in [7, 11) is 0. The normalized spacial score (nSPS) is 15.4. The second-order valence-corrected chi connectivity index (χ2v) is 10.0. The van der Waals surface area contributed by atoms with Crippen molar-refractivity contribution in [1.29, 1.82) is 0 Å². The van der Waals surface area contributed by atoms with Gasteiger partial charge in [-0.25, -0.2) is 0 Å². The quantitative estimate of drug-likeness (QED) is 0.288. The summed E-state index contributed by atoms with van der Waals surface area (Å²) < 4.78 is 13.0. The molecule has 0 bridgehead atoms. The fourth-order valence-corrected chi connectivity index (χ4v) is 4.71. The Hall–Kier alpha value is -2.33. The molecule has 186 valence electrons. The standard InChI is InChI=1S/C30H44N2O2/c1-7-10-11-12-13-23(4)25-20-27(33-19-18-32(8-2)9-3)29-26(24-14-16-31-17-15-24)22-30(5,6)34-28(29)21-25/h14-17,20-23H,7-13,18-19H2,1-6H3. The van der Waals surface area contributed by atoms with Gasteiger partial charge in [0.1, 0.15) is 23.7 Å². The topological polar surface area (TPSA) is 34.6 Å². The van der Waals surface area contributed by atoms with E-state index in [9.17, 15) is 0 Å². The molecule has 0 N–H and O–H groups in total. The minimum Gasteiger partial charge on any atom is -0.491 e. The Morgan fingerprint density at radius 3 is 2.44 bits per heavy atom. The first-order chi connectivity index (χ1) is 16.4. The Bertz CT molecular complexity index is 932. The van der Waals surface area contributed by atoms with Gasteiger partial charge >= 0.3 is 0 Å². The van der Waals surface area contributed by atoms with Crippen molar-refractivity contribution in [3.63, 3.8) is 0 Å². The van der Waals surface area contributed by atoms with Crippen LogP contribution in [0, 0.1) is 0 Å². The van der Waals surface area contributed by atoms with E-state index >= 15 is 0 Å². The van der Waals surface area contributed by atoms with E-state index in [4.69, 9.17) is 9.47 Å². The highest BCUT2D eigenvalue weighted by molar-refractivity contribution is 5.88. The van der Waals surface area contributed by atoms with Crippen LogP contribution in [0.2, 0.25) is 0 Å². The molecule has 1 aliphatic heterocycles. The monoisotopic (exact) mass is 464 g/mol. The molecule has 0 fully saturated rings. The molecule has 0 amide bonds. The van der Waals surface area contributed by atoms with E-state index in [2.05, 4.69) is 81.8 Å². The number of pyridine rings is 1. The summed E-state index contributed by atoms with van der Waals surface area (Å²) in [5, 5.41) is 0. The second-order valence-electron chi connectivity index (χ2n) is 10.0. The summed E-state index contributed by atoms with van der Waals surface area (Å²) >= 11 is 0. The van der Waals surface area contributed by atoms with Gasteiger partial charge in [-0.15, -0.1) is 0 Å². The molecule has 2 aromatic rings. The molecule has 3 rings (SSSR count). The summed E-state index contributed by atoms with van der Waals surface area (Å²) in [6, 6.07) is 8.66. The fourth-order valence-electron chi connectivity index (χ4n) is 4.71. The highest BCUT2D eigenvalue weighted by Gasteiger charge is 2.31. The SMILES string of the molecule is CCCCCCC(C)c1cc(OCCN(CC)CC)c2c(c1)OC(C)(C)C=C2c1ccncc1. The van der Waals surface area contributed by atoms with Crippen molar-refractivity contribution in [1.82, 2.24) is 9.88 Å². The van der Waals surface area contributed by atoms with Crippen molar-refractivity contribution in [2.24, 2.45) is 0 Å². The number of rotatable bonds is 13. The lowest BCUT2D eigenvalue weighted by Gasteiger charge is -2.33. The Kier molecular flexibility index (Phi) is 9.58. The largest absolute Gasteiger partial charge is 0.491 e. The summed E-state index contributed by atoms with van der Waals surface area (Å²) in [6.07, 6.45) is 12.3. The van der Waals surface area contributed by atoms with E-state index in [1.165, 1.54) is 37.7 Å². The van der Waals surface area contributed by atoms with Gasteiger partial charge in [-0.2, -0.15) is 0 Å². The number of unbranched alkanes of at least 4 members (excludes halogenated alkanes) is 3.